The normalized spacial score (nSPS) is 10.2. The molecule has 0 fully saturated rings. The van der Waals surface area contributed by atoms with Crippen LogP contribution in [0.2, 0.25) is 5.02 Å². The Balaban J connectivity index is 3.46. The first kappa shape index (κ1) is 10.4. The number of nitriles is 1. The van der Waals surface area contributed by atoms with Crippen molar-refractivity contribution in [2.75, 3.05) is 0 Å². The molecule has 0 bridgehead atoms. The van der Waals surface area contributed by atoms with Gasteiger partial charge in [0.25, 0.3) is 6.43 Å². The van der Waals surface area contributed by atoms with Crippen LogP contribution < -0.4 is 0 Å². The van der Waals surface area contributed by atoms with Gasteiger partial charge in [0, 0.05) is 6.20 Å². The van der Waals surface area contributed by atoms with E-state index in [1.54, 1.807) is 6.07 Å². The topological polar surface area (TPSA) is 36.7 Å². The Morgan fingerprint density at radius 1 is 1.62 bits per heavy atom. The van der Waals surface area contributed by atoms with Crippen LogP contribution in [0.25, 0.3) is 0 Å². The van der Waals surface area contributed by atoms with E-state index in [1.165, 1.54) is 0 Å². The number of aromatic nitrogens is 1. The Hall–Kier alpha value is -0.730. The molecule has 1 aromatic heterocycles. The SMILES string of the molecule is N#Cc1c(Br)ncc(Cl)c1C(F)F. The van der Waals surface area contributed by atoms with E-state index in [-0.39, 0.29) is 15.2 Å². The molecule has 0 radical (unpaired) electrons. The van der Waals surface area contributed by atoms with Crippen molar-refractivity contribution in [1.82, 2.24) is 4.98 Å². The summed E-state index contributed by atoms with van der Waals surface area (Å²) in [5, 5.41) is 8.36. The van der Waals surface area contributed by atoms with Crippen LogP contribution in [-0.2, 0) is 0 Å². The molecule has 0 saturated carbocycles. The molecule has 1 heterocycles. The zero-order chi connectivity index (χ0) is 10.0. The van der Waals surface area contributed by atoms with E-state index >= 15 is 0 Å². The number of nitrogens with zero attached hydrogens (tertiary/aromatic N) is 2. The predicted molar refractivity (Wildman–Crippen MR) is 46.6 cm³/mol. The number of pyridine rings is 1. The van der Waals surface area contributed by atoms with Gasteiger partial charge >= 0.3 is 0 Å². The van der Waals surface area contributed by atoms with Crippen LogP contribution in [0.1, 0.15) is 17.6 Å². The molecular formula is C7H2BrClF2N2. The van der Waals surface area contributed by atoms with Crippen molar-refractivity contribution in [3.8, 4) is 6.07 Å². The van der Waals surface area contributed by atoms with Crippen LogP contribution in [0, 0.1) is 11.3 Å². The molecule has 2 nitrogen and oxygen atoms in total. The van der Waals surface area contributed by atoms with Crippen LogP contribution in [0.5, 0.6) is 0 Å². The van der Waals surface area contributed by atoms with Gasteiger partial charge in [-0.2, -0.15) is 5.26 Å². The molecule has 1 aromatic rings. The summed E-state index contributed by atoms with van der Waals surface area (Å²) in [6.45, 7) is 0. The van der Waals surface area contributed by atoms with E-state index in [0.717, 1.165) is 6.20 Å². The van der Waals surface area contributed by atoms with Crippen molar-refractivity contribution < 1.29 is 8.78 Å². The molecule has 0 aliphatic rings. The summed E-state index contributed by atoms with van der Waals surface area (Å²) in [5.74, 6) is 0. The Labute approximate surface area is 86.3 Å². The summed E-state index contributed by atoms with van der Waals surface area (Å²) < 4.78 is 24.8. The van der Waals surface area contributed by atoms with Gasteiger partial charge in [0.15, 0.2) is 0 Å². The number of rotatable bonds is 1. The zero-order valence-corrected chi connectivity index (χ0v) is 8.40. The monoisotopic (exact) mass is 266 g/mol. The number of halogens is 4. The average molecular weight is 267 g/mol. The van der Waals surface area contributed by atoms with E-state index in [0.29, 0.717) is 0 Å². The van der Waals surface area contributed by atoms with Crippen molar-refractivity contribution in [2.24, 2.45) is 0 Å². The summed E-state index contributed by atoms with van der Waals surface area (Å²) >= 11 is 8.34. The Morgan fingerprint density at radius 2 is 2.23 bits per heavy atom. The molecule has 0 aliphatic heterocycles. The van der Waals surface area contributed by atoms with E-state index in [2.05, 4.69) is 20.9 Å². The molecule has 0 atom stereocenters. The maximum absolute atomic E-state index is 12.4. The van der Waals surface area contributed by atoms with Crippen LogP contribution in [0.3, 0.4) is 0 Å². The number of alkyl halides is 2. The summed E-state index contributed by atoms with van der Waals surface area (Å²) in [5.41, 5.74) is -0.700. The van der Waals surface area contributed by atoms with E-state index < -0.39 is 12.0 Å². The highest BCUT2D eigenvalue weighted by Crippen LogP contribution is 2.32. The van der Waals surface area contributed by atoms with Gasteiger partial charge in [0.1, 0.15) is 10.7 Å². The summed E-state index contributed by atoms with van der Waals surface area (Å²) in [4.78, 5) is 3.62. The fourth-order valence-electron chi connectivity index (χ4n) is 0.798. The van der Waals surface area contributed by atoms with Gasteiger partial charge in [-0.05, 0) is 15.9 Å². The molecule has 0 N–H and O–H groups in total. The van der Waals surface area contributed by atoms with E-state index in [9.17, 15) is 8.78 Å². The van der Waals surface area contributed by atoms with Crippen LogP contribution in [0.15, 0.2) is 10.8 Å². The van der Waals surface area contributed by atoms with Gasteiger partial charge in [-0.25, -0.2) is 13.8 Å². The summed E-state index contributed by atoms with van der Waals surface area (Å²) in [7, 11) is 0. The largest absolute Gasteiger partial charge is 0.266 e. The molecule has 0 saturated heterocycles. The fraction of sp³-hybridized carbons (Fsp3) is 0.143. The Kier molecular flexibility index (Phi) is 3.17. The third-order valence-electron chi connectivity index (χ3n) is 1.35. The highest BCUT2D eigenvalue weighted by molar-refractivity contribution is 9.10. The Bertz CT molecular complexity index is 375. The van der Waals surface area contributed by atoms with Crippen molar-refractivity contribution >= 4 is 27.5 Å². The van der Waals surface area contributed by atoms with Crippen molar-refractivity contribution in [2.45, 2.75) is 6.43 Å². The summed E-state index contributed by atoms with van der Waals surface area (Å²) in [6, 6.07) is 1.61. The van der Waals surface area contributed by atoms with E-state index in [1.807, 2.05) is 0 Å². The van der Waals surface area contributed by atoms with Crippen LogP contribution in [0.4, 0.5) is 8.78 Å². The van der Waals surface area contributed by atoms with Gasteiger partial charge in [0.05, 0.1) is 16.1 Å². The third-order valence-corrected chi connectivity index (χ3v) is 2.26. The number of hydrogen-bond donors (Lipinski definition) is 0. The second-order valence-corrected chi connectivity index (χ2v) is 3.26. The first-order valence-corrected chi connectivity index (χ1v) is 4.27. The van der Waals surface area contributed by atoms with Gasteiger partial charge in [-0.1, -0.05) is 11.6 Å². The molecule has 68 valence electrons. The smallest absolute Gasteiger partial charge is 0.246 e. The van der Waals surface area contributed by atoms with Gasteiger partial charge in [-0.3, -0.25) is 0 Å². The maximum atomic E-state index is 12.4. The minimum Gasteiger partial charge on any atom is -0.246 e. The second-order valence-electron chi connectivity index (χ2n) is 2.10. The fourth-order valence-corrected chi connectivity index (χ4v) is 1.43. The van der Waals surface area contributed by atoms with Crippen LogP contribution in [-0.4, -0.2) is 4.98 Å². The van der Waals surface area contributed by atoms with Crippen molar-refractivity contribution in [3.05, 3.63) is 26.9 Å². The minimum absolute atomic E-state index is 0.0784. The molecule has 0 aliphatic carbocycles. The van der Waals surface area contributed by atoms with Crippen molar-refractivity contribution in [3.63, 3.8) is 0 Å². The standard InChI is InChI=1S/C7H2BrClF2N2/c8-6-3(1-12)5(7(10)11)4(9)2-13-6/h2,7H. The molecular weight excluding hydrogens is 265 g/mol. The molecule has 13 heavy (non-hydrogen) atoms. The zero-order valence-electron chi connectivity index (χ0n) is 6.06. The first-order valence-electron chi connectivity index (χ1n) is 3.10. The molecule has 0 unspecified atom stereocenters. The second kappa shape index (κ2) is 3.99. The Morgan fingerprint density at radius 3 is 2.62 bits per heavy atom. The van der Waals surface area contributed by atoms with Gasteiger partial charge in [0.2, 0.25) is 0 Å². The molecule has 0 aromatic carbocycles. The highest BCUT2D eigenvalue weighted by atomic mass is 79.9. The lowest BCUT2D eigenvalue weighted by Crippen LogP contribution is -1.95. The molecule has 6 heteroatoms. The van der Waals surface area contributed by atoms with Crippen LogP contribution >= 0.6 is 27.5 Å². The molecule has 0 amide bonds. The molecule has 0 spiro atoms. The lowest BCUT2D eigenvalue weighted by Gasteiger charge is -2.05. The number of hydrogen-bond acceptors (Lipinski definition) is 2. The minimum atomic E-state index is -2.78. The van der Waals surface area contributed by atoms with Gasteiger partial charge in [-0.15, -0.1) is 0 Å². The summed E-state index contributed by atoms with van der Waals surface area (Å²) in [6.07, 6.45) is -1.70. The lowest BCUT2D eigenvalue weighted by atomic mass is 10.1. The first-order chi connectivity index (χ1) is 6.07. The average Bonchev–Trinajstić information content (AvgIpc) is 2.07. The van der Waals surface area contributed by atoms with E-state index in [4.69, 9.17) is 16.9 Å². The lowest BCUT2D eigenvalue weighted by molar-refractivity contribution is 0.151. The van der Waals surface area contributed by atoms with Crippen molar-refractivity contribution in [1.29, 1.82) is 5.26 Å². The highest BCUT2D eigenvalue weighted by Gasteiger charge is 2.20. The maximum Gasteiger partial charge on any atom is 0.266 e. The van der Waals surface area contributed by atoms with Gasteiger partial charge < -0.3 is 0 Å². The molecule has 1 rings (SSSR count). The quantitative estimate of drug-likeness (QED) is 0.732. The third kappa shape index (κ3) is 1.95. The predicted octanol–water partition coefficient (Wildman–Crippen LogP) is 3.31.